The van der Waals surface area contributed by atoms with Crippen molar-refractivity contribution in [1.29, 1.82) is 0 Å². The fraction of sp³-hybridized carbons (Fsp3) is 0.158. The molecule has 0 spiro atoms. The lowest BCUT2D eigenvalue weighted by Crippen LogP contribution is -2.05. The number of nitrogens with zero attached hydrogens (tertiary/aromatic N) is 1. The molecule has 0 amide bonds. The molecule has 1 aromatic heterocycles. The summed E-state index contributed by atoms with van der Waals surface area (Å²) in [4.78, 5) is 33.2. The van der Waals surface area contributed by atoms with Crippen LogP contribution in [0.4, 0.5) is 5.69 Å². The molecule has 26 heavy (non-hydrogen) atoms. The van der Waals surface area contributed by atoms with Crippen LogP contribution in [-0.4, -0.2) is 11.2 Å². The van der Waals surface area contributed by atoms with E-state index in [1.54, 1.807) is 6.07 Å². The minimum Gasteiger partial charge on any atom is -0.488 e. The van der Waals surface area contributed by atoms with Gasteiger partial charge in [-0.1, -0.05) is 0 Å². The topological polar surface area (TPSA) is 99.7 Å². The van der Waals surface area contributed by atoms with E-state index in [4.69, 9.17) is 9.15 Å². The zero-order valence-corrected chi connectivity index (χ0v) is 14.1. The van der Waals surface area contributed by atoms with Gasteiger partial charge < -0.3 is 9.15 Å². The molecule has 3 aromatic rings. The zero-order valence-electron chi connectivity index (χ0n) is 14.1. The first-order chi connectivity index (χ1) is 12.4. The van der Waals surface area contributed by atoms with Crippen molar-refractivity contribution in [3.63, 3.8) is 0 Å². The van der Waals surface area contributed by atoms with Crippen molar-refractivity contribution < 1.29 is 18.9 Å². The van der Waals surface area contributed by atoms with Crippen molar-refractivity contribution >= 4 is 22.9 Å². The highest BCUT2D eigenvalue weighted by molar-refractivity contribution is 5.82. The average molecular weight is 353 g/mol. The highest BCUT2D eigenvalue weighted by atomic mass is 16.6. The normalized spacial score (nSPS) is 10.7. The summed E-state index contributed by atoms with van der Waals surface area (Å²) in [6.45, 7) is 3.89. The molecule has 0 aliphatic heterocycles. The van der Waals surface area contributed by atoms with Gasteiger partial charge in [0, 0.05) is 29.1 Å². The van der Waals surface area contributed by atoms with Crippen LogP contribution in [0.2, 0.25) is 0 Å². The van der Waals surface area contributed by atoms with Crippen LogP contribution >= 0.6 is 0 Å². The van der Waals surface area contributed by atoms with Crippen molar-refractivity contribution in [2.45, 2.75) is 20.5 Å². The predicted octanol–water partition coefficient (Wildman–Crippen LogP) is 3.71. The number of benzene rings is 2. The maximum absolute atomic E-state index is 11.8. The van der Waals surface area contributed by atoms with Crippen LogP contribution in [-0.2, 0) is 6.61 Å². The van der Waals surface area contributed by atoms with Gasteiger partial charge in [0.2, 0.25) is 0 Å². The average Bonchev–Trinajstić information content (AvgIpc) is 2.60. The molecular formula is C19H15NO6. The van der Waals surface area contributed by atoms with E-state index in [1.807, 2.05) is 19.9 Å². The molecule has 0 aliphatic carbocycles. The Morgan fingerprint density at radius 3 is 2.58 bits per heavy atom. The second-order valence-electron chi connectivity index (χ2n) is 5.91. The van der Waals surface area contributed by atoms with Gasteiger partial charge in [0.1, 0.15) is 17.9 Å². The first-order valence-electron chi connectivity index (χ1n) is 7.79. The van der Waals surface area contributed by atoms with Gasteiger partial charge in [-0.2, -0.15) is 0 Å². The Kier molecular flexibility index (Phi) is 4.53. The second kappa shape index (κ2) is 6.79. The van der Waals surface area contributed by atoms with Crippen molar-refractivity contribution in [3.05, 3.63) is 79.2 Å². The van der Waals surface area contributed by atoms with Gasteiger partial charge in [0.05, 0.1) is 10.5 Å². The number of aldehydes is 1. The number of nitro benzene ring substituents is 1. The molecule has 0 radical (unpaired) electrons. The molecule has 0 bridgehead atoms. The zero-order chi connectivity index (χ0) is 18.8. The number of hydrogen-bond donors (Lipinski definition) is 0. The van der Waals surface area contributed by atoms with E-state index in [-0.39, 0.29) is 23.6 Å². The van der Waals surface area contributed by atoms with Gasteiger partial charge >= 0.3 is 5.63 Å². The highest BCUT2D eigenvalue weighted by Gasteiger charge is 2.13. The minimum absolute atomic E-state index is 0.0171. The molecule has 0 atom stereocenters. The number of ether oxygens (including phenoxy) is 1. The van der Waals surface area contributed by atoms with Crippen LogP contribution in [0.1, 0.15) is 27.0 Å². The van der Waals surface area contributed by atoms with Crippen LogP contribution in [0, 0.1) is 24.0 Å². The molecule has 1 heterocycles. The fourth-order valence-corrected chi connectivity index (χ4v) is 2.63. The molecule has 0 saturated heterocycles. The number of carbonyl (C=O) groups excluding carboxylic acids is 1. The van der Waals surface area contributed by atoms with E-state index in [2.05, 4.69) is 0 Å². The number of fused-ring (bicyclic) bond motifs is 1. The molecular weight excluding hydrogens is 338 g/mol. The van der Waals surface area contributed by atoms with Crippen molar-refractivity contribution in [3.8, 4) is 5.75 Å². The Balaban J connectivity index is 1.98. The van der Waals surface area contributed by atoms with Gasteiger partial charge in [-0.15, -0.1) is 0 Å². The SMILES string of the molecule is Cc1cc2oc(=O)cc(COc3ccc([N+](=O)[O-])cc3C=O)c2cc1C. The summed E-state index contributed by atoms with van der Waals surface area (Å²) in [5.74, 6) is 0.204. The van der Waals surface area contributed by atoms with Gasteiger partial charge in [0.25, 0.3) is 5.69 Å². The lowest BCUT2D eigenvalue weighted by atomic mass is 10.0. The minimum atomic E-state index is -0.586. The number of carbonyl (C=O) groups is 1. The second-order valence-corrected chi connectivity index (χ2v) is 5.91. The summed E-state index contributed by atoms with van der Waals surface area (Å²) < 4.78 is 10.9. The van der Waals surface area contributed by atoms with Gasteiger partial charge in [0.15, 0.2) is 6.29 Å². The number of nitro groups is 1. The summed E-state index contributed by atoms with van der Waals surface area (Å²) in [5, 5.41) is 11.5. The van der Waals surface area contributed by atoms with Crippen LogP contribution in [0.15, 0.2) is 45.6 Å². The van der Waals surface area contributed by atoms with Crippen LogP contribution < -0.4 is 10.4 Å². The summed E-state index contributed by atoms with van der Waals surface area (Å²) >= 11 is 0. The van der Waals surface area contributed by atoms with E-state index in [0.717, 1.165) is 22.6 Å². The largest absolute Gasteiger partial charge is 0.488 e. The first-order valence-corrected chi connectivity index (χ1v) is 7.79. The molecule has 0 fully saturated rings. The Labute approximate surface area is 148 Å². The summed E-state index contributed by atoms with van der Waals surface area (Å²) in [7, 11) is 0. The summed E-state index contributed by atoms with van der Waals surface area (Å²) in [5.41, 5.74) is 2.47. The molecule has 3 rings (SSSR count). The molecule has 2 aromatic carbocycles. The van der Waals surface area contributed by atoms with E-state index in [1.165, 1.54) is 18.2 Å². The summed E-state index contributed by atoms with van der Waals surface area (Å²) in [6, 6.07) is 8.80. The smallest absolute Gasteiger partial charge is 0.336 e. The fourth-order valence-electron chi connectivity index (χ4n) is 2.63. The van der Waals surface area contributed by atoms with Crippen molar-refractivity contribution in [2.24, 2.45) is 0 Å². The third-order valence-corrected chi connectivity index (χ3v) is 4.16. The van der Waals surface area contributed by atoms with Gasteiger partial charge in [-0.25, -0.2) is 4.79 Å². The lowest BCUT2D eigenvalue weighted by molar-refractivity contribution is -0.384. The Bertz CT molecular complexity index is 1080. The monoisotopic (exact) mass is 353 g/mol. The third kappa shape index (κ3) is 3.32. The Hall–Kier alpha value is -3.48. The van der Waals surface area contributed by atoms with Crippen molar-refractivity contribution in [2.75, 3.05) is 0 Å². The van der Waals surface area contributed by atoms with E-state index < -0.39 is 10.5 Å². The molecule has 0 N–H and O–H groups in total. The predicted molar refractivity (Wildman–Crippen MR) is 94.8 cm³/mol. The van der Waals surface area contributed by atoms with Crippen LogP contribution in [0.5, 0.6) is 5.75 Å². The van der Waals surface area contributed by atoms with Crippen LogP contribution in [0.3, 0.4) is 0 Å². The number of rotatable bonds is 5. The maximum atomic E-state index is 11.8. The maximum Gasteiger partial charge on any atom is 0.336 e. The highest BCUT2D eigenvalue weighted by Crippen LogP contribution is 2.26. The molecule has 0 saturated carbocycles. The molecule has 132 valence electrons. The van der Waals surface area contributed by atoms with Crippen molar-refractivity contribution in [1.82, 2.24) is 0 Å². The molecule has 7 heteroatoms. The molecule has 0 unspecified atom stereocenters. The molecule has 0 aliphatic rings. The van der Waals surface area contributed by atoms with E-state index in [9.17, 15) is 19.7 Å². The Morgan fingerprint density at radius 2 is 1.88 bits per heavy atom. The van der Waals surface area contributed by atoms with Crippen LogP contribution in [0.25, 0.3) is 11.0 Å². The lowest BCUT2D eigenvalue weighted by Gasteiger charge is -2.11. The number of hydrogen-bond acceptors (Lipinski definition) is 6. The van der Waals surface area contributed by atoms with Gasteiger partial charge in [-0.3, -0.25) is 14.9 Å². The van der Waals surface area contributed by atoms with E-state index >= 15 is 0 Å². The standard InChI is InChI=1S/C19H15NO6/c1-11-5-16-14(8-19(22)26-18(16)6-12(11)2)10-25-17-4-3-15(20(23)24)7-13(17)9-21/h3-9H,10H2,1-2H3. The number of aryl methyl sites for hydroxylation is 2. The quantitative estimate of drug-likeness (QED) is 0.300. The van der Waals surface area contributed by atoms with E-state index in [0.29, 0.717) is 17.4 Å². The molecule has 7 nitrogen and oxygen atoms in total. The summed E-state index contributed by atoms with van der Waals surface area (Å²) in [6.07, 6.45) is 0.493. The Morgan fingerprint density at radius 1 is 1.15 bits per heavy atom. The third-order valence-electron chi connectivity index (χ3n) is 4.16. The number of non-ortho nitro benzene ring substituents is 1. The first kappa shape index (κ1) is 17.3. The van der Waals surface area contributed by atoms with Gasteiger partial charge in [-0.05, 0) is 43.2 Å².